The molecule has 1 N–H and O–H groups in total. The monoisotopic (exact) mass is 470 g/mol. The van der Waals surface area contributed by atoms with Crippen LogP contribution in [0.25, 0.3) is 0 Å². The smallest absolute Gasteiger partial charge is 0.287 e. The van der Waals surface area contributed by atoms with Crippen LogP contribution in [0.3, 0.4) is 0 Å². The molecule has 0 unspecified atom stereocenters. The summed E-state index contributed by atoms with van der Waals surface area (Å²) in [6, 6.07) is 14.6. The highest BCUT2D eigenvalue weighted by molar-refractivity contribution is 9.10. The van der Waals surface area contributed by atoms with Gasteiger partial charge in [-0.1, -0.05) is 22.0 Å². The van der Waals surface area contributed by atoms with Gasteiger partial charge in [0.15, 0.2) is 11.5 Å². The van der Waals surface area contributed by atoms with Crippen molar-refractivity contribution in [1.82, 2.24) is 10.4 Å². The van der Waals surface area contributed by atoms with E-state index < -0.39 is 4.92 Å². The number of amides is 1. The van der Waals surface area contributed by atoms with E-state index in [4.69, 9.17) is 9.47 Å². The van der Waals surface area contributed by atoms with Crippen molar-refractivity contribution in [2.45, 2.75) is 0 Å². The normalized spacial score (nSPS) is 10.6. The lowest BCUT2D eigenvalue weighted by Crippen LogP contribution is -2.17. The number of pyridine rings is 1. The minimum absolute atomic E-state index is 0.134. The molecule has 0 atom stereocenters. The van der Waals surface area contributed by atoms with Crippen LogP contribution in [-0.2, 0) is 0 Å². The number of rotatable bonds is 7. The fourth-order valence-electron chi connectivity index (χ4n) is 2.36. The molecule has 3 rings (SSSR count). The van der Waals surface area contributed by atoms with Crippen LogP contribution in [0.15, 0.2) is 70.4 Å². The van der Waals surface area contributed by atoms with Gasteiger partial charge >= 0.3 is 0 Å². The lowest BCUT2D eigenvalue weighted by atomic mass is 10.2. The molecule has 1 heterocycles. The zero-order chi connectivity index (χ0) is 21.5. The Morgan fingerprint density at radius 1 is 1.20 bits per heavy atom. The summed E-state index contributed by atoms with van der Waals surface area (Å²) in [5.41, 5.74) is 3.45. The van der Waals surface area contributed by atoms with Gasteiger partial charge in [0.1, 0.15) is 6.20 Å². The van der Waals surface area contributed by atoms with Gasteiger partial charge < -0.3 is 9.47 Å². The molecule has 30 heavy (non-hydrogen) atoms. The number of benzene rings is 2. The lowest BCUT2D eigenvalue weighted by Gasteiger charge is -2.10. The molecule has 152 valence electrons. The molecule has 0 bridgehead atoms. The second-order valence-corrected chi connectivity index (χ2v) is 6.75. The summed E-state index contributed by atoms with van der Waals surface area (Å²) in [5.74, 6) is 0.608. The molecular formula is C20H15BrN4O5. The molecule has 0 spiro atoms. The van der Waals surface area contributed by atoms with Crippen molar-refractivity contribution in [2.75, 3.05) is 7.11 Å². The van der Waals surface area contributed by atoms with E-state index in [-0.39, 0.29) is 17.5 Å². The van der Waals surface area contributed by atoms with Crippen LogP contribution in [0.4, 0.5) is 5.69 Å². The second-order valence-electron chi connectivity index (χ2n) is 5.83. The highest BCUT2D eigenvalue weighted by atomic mass is 79.9. The van der Waals surface area contributed by atoms with Gasteiger partial charge in [0.25, 0.3) is 11.6 Å². The van der Waals surface area contributed by atoms with Crippen molar-refractivity contribution in [3.8, 4) is 17.4 Å². The number of carbonyl (C=O) groups excluding carboxylic acids is 1. The first-order chi connectivity index (χ1) is 14.5. The highest BCUT2D eigenvalue weighted by Gasteiger charge is 2.10. The quantitative estimate of drug-likeness (QED) is 0.312. The van der Waals surface area contributed by atoms with Crippen molar-refractivity contribution in [2.24, 2.45) is 5.10 Å². The Bertz CT molecular complexity index is 1100. The van der Waals surface area contributed by atoms with Crippen molar-refractivity contribution in [3.05, 3.63) is 86.5 Å². The predicted molar refractivity (Wildman–Crippen MR) is 113 cm³/mol. The second kappa shape index (κ2) is 9.61. The maximum absolute atomic E-state index is 12.1. The topological polar surface area (TPSA) is 116 Å². The third kappa shape index (κ3) is 5.39. The van der Waals surface area contributed by atoms with Crippen LogP contribution >= 0.6 is 15.9 Å². The van der Waals surface area contributed by atoms with E-state index in [1.54, 1.807) is 36.4 Å². The van der Waals surface area contributed by atoms with Gasteiger partial charge in [-0.15, -0.1) is 0 Å². The fraction of sp³-hybridized carbons (Fsp3) is 0.0500. The first kappa shape index (κ1) is 20.9. The van der Waals surface area contributed by atoms with E-state index in [1.807, 2.05) is 6.07 Å². The molecule has 0 saturated carbocycles. The maximum atomic E-state index is 12.1. The van der Waals surface area contributed by atoms with E-state index >= 15 is 0 Å². The molecule has 3 aromatic rings. The van der Waals surface area contributed by atoms with Crippen molar-refractivity contribution >= 4 is 33.7 Å². The molecule has 1 amide bonds. The zero-order valence-electron chi connectivity index (χ0n) is 15.6. The molecule has 0 aliphatic carbocycles. The summed E-state index contributed by atoms with van der Waals surface area (Å²) < 4.78 is 11.7. The summed E-state index contributed by atoms with van der Waals surface area (Å²) >= 11 is 3.31. The number of hydrogen-bond acceptors (Lipinski definition) is 7. The van der Waals surface area contributed by atoms with E-state index in [0.717, 1.165) is 10.7 Å². The van der Waals surface area contributed by atoms with E-state index in [9.17, 15) is 14.9 Å². The minimum atomic E-state index is -0.541. The number of ether oxygens (including phenoxy) is 2. The summed E-state index contributed by atoms with van der Waals surface area (Å²) in [6.07, 6.45) is 2.57. The SMILES string of the molecule is COc1cc(/C=N/NC(=O)c2cccc(Br)c2)ccc1Oc1ccc([N+](=O)[O-])cn1. The minimum Gasteiger partial charge on any atom is -0.493 e. The molecule has 0 saturated heterocycles. The Balaban J connectivity index is 1.68. The summed E-state index contributed by atoms with van der Waals surface area (Å²) in [6.45, 7) is 0. The number of hydrazone groups is 1. The van der Waals surface area contributed by atoms with Gasteiger partial charge in [-0.2, -0.15) is 5.10 Å². The van der Waals surface area contributed by atoms with Gasteiger partial charge in [0.05, 0.1) is 18.2 Å². The molecule has 9 nitrogen and oxygen atoms in total. The Labute approximate surface area is 179 Å². The fourth-order valence-corrected chi connectivity index (χ4v) is 2.76. The molecule has 0 radical (unpaired) electrons. The maximum Gasteiger partial charge on any atom is 0.287 e. The van der Waals surface area contributed by atoms with Crippen LogP contribution in [0.2, 0.25) is 0 Å². The van der Waals surface area contributed by atoms with Crippen molar-refractivity contribution in [1.29, 1.82) is 0 Å². The molecule has 1 aromatic heterocycles. The number of nitrogens with one attached hydrogen (secondary N) is 1. The number of aromatic nitrogens is 1. The number of nitrogens with zero attached hydrogens (tertiary/aromatic N) is 3. The third-order valence-electron chi connectivity index (χ3n) is 3.80. The van der Waals surface area contributed by atoms with Gasteiger partial charge in [-0.05, 0) is 42.0 Å². The lowest BCUT2D eigenvalue weighted by molar-refractivity contribution is -0.385. The number of halogens is 1. The average Bonchev–Trinajstić information content (AvgIpc) is 2.75. The summed E-state index contributed by atoms with van der Waals surface area (Å²) in [4.78, 5) is 26.2. The first-order valence-corrected chi connectivity index (χ1v) is 9.31. The number of nitro groups is 1. The van der Waals surface area contributed by atoms with Crippen molar-refractivity contribution in [3.63, 3.8) is 0 Å². The largest absolute Gasteiger partial charge is 0.493 e. The number of hydrogen-bond donors (Lipinski definition) is 1. The van der Waals surface area contributed by atoms with E-state index in [0.29, 0.717) is 22.6 Å². The summed E-state index contributed by atoms with van der Waals surface area (Å²) in [7, 11) is 1.47. The number of carbonyl (C=O) groups is 1. The van der Waals surface area contributed by atoms with E-state index in [2.05, 4.69) is 31.4 Å². The molecule has 0 fully saturated rings. The number of methoxy groups -OCH3 is 1. The van der Waals surface area contributed by atoms with E-state index in [1.165, 1.54) is 25.5 Å². The van der Waals surface area contributed by atoms with Crippen molar-refractivity contribution < 1.29 is 19.2 Å². The average molecular weight is 471 g/mol. The van der Waals surface area contributed by atoms with Crippen LogP contribution in [0, 0.1) is 10.1 Å². The van der Waals surface area contributed by atoms with Crippen LogP contribution < -0.4 is 14.9 Å². The van der Waals surface area contributed by atoms with Crippen LogP contribution in [0.5, 0.6) is 17.4 Å². The highest BCUT2D eigenvalue weighted by Crippen LogP contribution is 2.31. The Hall–Kier alpha value is -3.79. The standard InChI is InChI=1S/C20H15BrN4O5/c1-29-18-9-13(11-23-24-20(26)14-3-2-4-15(21)10-14)5-7-17(18)30-19-8-6-16(12-22-19)25(27)28/h2-12H,1H3,(H,24,26)/b23-11+. The van der Waals surface area contributed by atoms with Gasteiger partial charge in [-0.3, -0.25) is 14.9 Å². The zero-order valence-corrected chi connectivity index (χ0v) is 17.2. The summed E-state index contributed by atoms with van der Waals surface area (Å²) in [5, 5.41) is 14.6. The van der Waals surface area contributed by atoms with Crippen LogP contribution in [0.1, 0.15) is 15.9 Å². The Morgan fingerprint density at radius 2 is 2.03 bits per heavy atom. The molecule has 2 aromatic carbocycles. The molecule has 10 heteroatoms. The van der Waals surface area contributed by atoms with Gasteiger partial charge in [0, 0.05) is 22.2 Å². The van der Waals surface area contributed by atoms with Crippen LogP contribution in [-0.4, -0.2) is 29.1 Å². The first-order valence-electron chi connectivity index (χ1n) is 8.51. The molecule has 0 aliphatic heterocycles. The Kier molecular flexibility index (Phi) is 6.71. The Morgan fingerprint density at radius 3 is 2.70 bits per heavy atom. The van der Waals surface area contributed by atoms with Gasteiger partial charge in [0.2, 0.25) is 5.88 Å². The predicted octanol–water partition coefficient (Wildman–Crippen LogP) is 4.32. The third-order valence-corrected chi connectivity index (χ3v) is 4.29. The molecule has 0 aliphatic rings. The van der Waals surface area contributed by atoms with Gasteiger partial charge in [-0.25, -0.2) is 10.4 Å². The molecular weight excluding hydrogens is 456 g/mol.